The highest BCUT2D eigenvalue weighted by Crippen LogP contribution is 2.38. The zero-order chi connectivity index (χ0) is 16.7. The molecule has 0 saturated carbocycles. The molecule has 2 aromatic carbocycles. The number of anilines is 1. The van der Waals surface area contributed by atoms with Crippen molar-refractivity contribution in [1.82, 2.24) is 5.32 Å². The molecule has 1 N–H and O–H groups in total. The van der Waals surface area contributed by atoms with Gasteiger partial charge in [-0.05, 0) is 37.1 Å². The van der Waals surface area contributed by atoms with Gasteiger partial charge in [-0.3, -0.25) is 14.9 Å². The van der Waals surface area contributed by atoms with Crippen LogP contribution in [0.2, 0.25) is 0 Å². The second-order valence-electron chi connectivity index (χ2n) is 5.91. The summed E-state index contributed by atoms with van der Waals surface area (Å²) in [5.74, 6) is -0.628. The zero-order valence-electron chi connectivity index (χ0n) is 13.2. The zero-order valence-corrected chi connectivity index (χ0v) is 14.0. The molecule has 4 nitrogen and oxygen atoms in total. The molecule has 0 fully saturated rings. The van der Waals surface area contributed by atoms with E-state index < -0.39 is 0 Å². The molecule has 2 aromatic rings. The standard InChI is InChI=1S/C19H16N2O2S/c1-12-6-8-14(9-7-12)24-17-16(18(22)20-19(17)23)21-11-10-13-4-2-3-5-15(13)21/h2-9H,10-11H2,1H3,(H,20,22,23). The van der Waals surface area contributed by atoms with Crippen LogP contribution in [0.1, 0.15) is 11.1 Å². The Labute approximate surface area is 144 Å². The van der Waals surface area contributed by atoms with Crippen LogP contribution in [0, 0.1) is 6.92 Å². The minimum Gasteiger partial charge on any atom is -0.335 e. The second kappa shape index (κ2) is 5.83. The van der Waals surface area contributed by atoms with Crippen LogP contribution in [-0.2, 0) is 16.0 Å². The van der Waals surface area contributed by atoms with Crippen molar-refractivity contribution >= 4 is 29.3 Å². The van der Waals surface area contributed by atoms with Gasteiger partial charge in [0.15, 0.2) is 0 Å². The molecule has 0 atom stereocenters. The van der Waals surface area contributed by atoms with Gasteiger partial charge in [-0.15, -0.1) is 0 Å². The van der Waals surface area contributed by atoms with Crippen LogP contribution in [-0.4, -0.2) is 18.4 Å². The predicted octanol–water partition coefficient (Wildman–Crippen LogP) is 3.02. The van der Waals surface area contributed by atoms with Gasteiger partial charge < -0.3 is 4.90 Å². The topological polar surface area (TPSA) is 49.4 Å². The quantitative estimate of drug-likeness (QED) is 0.876. The Balaban J connectivity index is 1.75. The van der Waals surface area contributed by atoms with E-state index in [1.165, 1.54) is 17.3 Å². The molecule has 120 valence electrons. The SMILES string of the molecule is Cc1ccc(SC2=C(N3CCc4ccccc43)C(=O)NC2=O)cc1. The van der Waals surface area contributed by atoms with E-state index >= 15 is 0 Å². The van der Waals surface area contributed by atoms with Crippen LogP contribution in [0.3, 0.4) is 0 Å². The molecule has 0 spiro atoms. The van der Waals surface area contributed by atoms with Crippen LogP contribution in [0.5, 0.6) is 0 Å². The van der Waals surface area contributed by atoms with E-state index in [2.05, 4.69) is 11.4 Å². The molecule has 0 unspecified atom stereocenters. The Kier molecular flexibility index (Phi) is 3.65. The lowest BCUT2D eigenvalue weighted by molar-refractivity contribution is -0.123. The maximum absolute atomic E-state index is 12.4. The summed E-state index contributed by atoms with van der Waals surface area (Å²) < 4.78 is 0. The van der Waals surface area contributed by atoms with Gasteiger partial charge in [-0.2, -0.15) is 0 Å². The number of rotatable bonds is 3. The number of hydrogen-bond acceptors (Lipinski definition) is 4. The van der Waals surface area contributed by atoms with Gasteiger partial charge in [-0.1, -0.05) is 47.7 Å². The fourth-order valence-corrected chi connectivity index (χ4v) is 4.02. The summed E-state index contributed by atoms with van der Waals surface area (Å²) in [6.07, 6.45) is 0.879. The number of benzene rings is 2. The van der Waals surface area contributed by atoms with Crippen LogP contribution in [0.4, 0.5) is 5.69 Å². The number of imide groups is 1. The third-order valence-electron chi connectivity index (χ3n) is 4.26. The summed E-state index contributed by atoms with van der Waals surface area (Å²) in [6, 6.07) is 16.0. The number of carbonyl (C=O) groups is 2. The Hall–Kier alpha value is -2.53. The van der Waals surface area contributed by atoms with Gasteiger partial charge in [-0.25, -0.2) is 0 Å². The van der Waals surface area contributed by atoms with Crippen molar-refractivity contribution < 1.29 is 9.59 Å². The van der Waals surface area contributed by atoms with Crippen LogP contribution >= 0.6 is 11.8 Å². The van der Waals surface area contributed by atoms with Gasteiger partial charge in [0.25, 0.3) is 11.8 Å². The maximum atomic E-state index is 12.4. The first-order valence-electron chi connectivity index (χ1n) is 7.83. The lowest BCUT2D eigenvalue weighted by Crippen LogP contribution is -2.29. The molecular weight excluding hydrogens is 320 g/mol. The highest BCUT2D eigenvalue weighted by Gasteiger charge is 2.37. The summed E-state index contributed by atoms with van der Waals surface area (Å²) in [5.41, 5.74) is 3.85. The van der Waals surface area contributed by atoms with Crippen molar-refractivity contribution in [2.45, 2.75) is 18.2 Å². The number of aryl methyl sites for hydroxylation is 1. The molecule has 0 aliphatic carbocycles. The fourth-order valence-electron chi connectivity index (χ4n) is 3.06. The summed E-state index contributed by atoms with van der Waals surface area (Å²) >= 11 is 1.35. The van der Waals surface area contributed by atoms with Crippen LogP contribution < -0.4 is 10.2 Å². The van der Waals surface area contributed by atoms with Gasteiger partial charge in [0, 0.05) is 17.1 Å². The van der Waals surface area contributed by atoms with Crippen LogP contribution in [0.25, 0.3) is 0 Å². The van der Waals surface area contributed by atoms with Crippen molar-refractivity contribution in [2.24, 2.45) is 0 Å². The molecule has 4 rings (SSSR count). The third kappa shape index (κ3) is 2.51. The molecule has 2 aliphatic rings. The van der Waals surface area contributed by atoms with E-state index in [9.17, 15) is 9.59 Å². The number of para-hydroxylation sites is 1. The molecule has 0 radical (unpaired) electrons. The second-order valence-corrected chi connectivity index (χ2v) is 6.99. The lowest BCUT2D eigenvalue weighted by Gasteiger charge is -2.20. The molecule has 0 bridgehead atoms. The molecule has 5 heteroatoms. The Morgan fingerprint density at radius 2 is 1.75 bits per heavy atom. The highest BCUT2D eigenvalue weighted by molar-refractivity contribution is 8.04. The Morgan fingerprint density at radius 3 is 2.54 bits per heavy atom. The Morgan fingerprint density at radius 1 is 1.00 bits per heavy atom. The van der Waals surface area contributed by atoms with Crippen molar-refractivity contribution in [2.75, 3.05) is 11.4 Å². The molecule has 2 amide bonds. The van der Waals surface area contributed by atoms with E-state index in [-0.39, 0.29) is 11.8 Å². The Bertz CT molecular complexity index is 871. The van der Waals surface area contributed by atoms with E-state index in [0.29, 0.717) is 17.1 Å². The van der Waals surface area contributed by atoms with E-state index in [1.54, 1.807) is 0 Å². The van der Waals surface area contributed by atoms with E-state index in [0.717, 1.165) is 22.6 Å². The summed E-state index contributed by atoms with van der Waals surface area (Å²) in [5, 5.41) is 2.44. The van der Waals surface area contributed by atoms with Gasteiger partial charge in [0.2, 0.25) is 0 Å². The van der Waals surface area contributed by atoms with Gasteiger partial charge in [0.05, 0.1) is 0 Å². The summed E-state index contributed by atoms with van der Waals surface area (Å²) in [6.45, 7) is 2.74. The number of nitrogens with one attached hydrogen (secondary N) is 1. The molecule has 24 heavy (non-hydrogen) atoms. The van der Waals surface area contributed by atoms with Gasteiger partial charge in [0.1, 0.15) is 10.6 Å². The van der Waals surface area contributed by atoms with Gasteiger partial charge >= 0.3 is 0 Å². The average molecular weight is 336 g/mol. The fraction of sp³-hybridized carbons (Fsp3) is 0.158. The molecular formula is C19H16N2O2S. The number of nitrogens with zero attached hydrogens (tertiary/aromatic N) is 1. The lowest BCUT2D eigenvalue weighted by atomic mass is 10.2. The minimum atomic E-state index is -0.315. The molecule has 0 aromatic heterocycles. The predicted molar refractivity (Wildman–Crippen MR) is 94.7 cm³/mol. The number of hydrogen-bond donors (Lipinski definition) is 1. The minimum absolute atomic E-state index is 0.314. The van der Waals surface area contributed by atoms with Crippen LogP contribution in [0.15, 0.2) is 64.0 Å². The number of fused-ring (bicyclic) bond motifs is 1. The highest BCUT2D eigenvalue weighted by atomic mass is 32.2. The number of thioether (sulfide) groups is 1. The summed E-state index contributed by atoms with van der Waals surface area (Å²) in [7, 11) is 0. The smallest absolute Gasteiger partial charge is 0.276 e. The molecule has 2 aliphatic heterocycles. The first-order chi connectivity index (χ1) is 11.6. The van der Waals surface area contributed by atoms with Crippen molar-refractivity contribution in [3.05, 3.63) is 70.3 Å². The first kappa shape index (κ1) is 15.0. The monoisotopic (exact) mass is 336 g/mol. The van der Waals surface area contributed by atoms with Crippen molar-refractivity contribution in [3.63, 3.8) is 0 Å². The number of carbonyl (C=O) groups excluding carboxylic acids is 2. The normalized spacial score (nSPS) is 16.6. The number of amides is 2. The summed E-state index contributed by atoms with van der Waals surface area (Å²) in [4.78, 5) is 28.1. The first-order valence-corrected chi connectivity index (χ1v) is 8.65. The van der Waals surface area contributed by atoms with E-state index in [1.807, 2.05) is 54.3 Å². The largest absolute Gasteiger partial charge is 0.335 e. The van der Waals surface area contributed by atoms with Crippen molar-refractivity contribution in [1.29, 1.82) is 0 Å². The maximum Gasteiger partial charge on any atom is 0.276 e. The van der Waals surface area contributed by atoms with E-state index in [4.69, 9.17) is 0 Å². The molecule has 2 heterocycles. The van der Waals surface area contributed by atoms with Crippen molar-refractivity contribution in [3.8, 4) is 0 Å². The third-order valence-corrected chi connectivity index (χ3v) is 5.35. The average Bonchev–Trinajstić information content (AvgIpc) is 3.11. The molecule has 0 saturated heterocycles.